The van der Waals surface area contributed by atoms with E-state index in [1.54, 1.807) is 0 Å². The Bertz CT molecular complexity index is 98.1. The number of hydrogen-bond acceptors (Lipinski definition) is 3. The van der Waals surface area contributed by atoms with Crippen LogP contribution in [0.5, 0.6) is 0 Å². The maximum atomic E-state index is 9.21. The molecule has 0 saturated heterocycles. The first kappa shape index (κ1) is 10.9. The van der Waals surface area contributed by atoms with Crippen LogP contribution in [0, 0.1) is 0 Å². The lowest BCUT2D eigenvalue weighted by molar-refractivity contribution is 0.113. The quantitative estimate of drug-likeness (QED) is 0.597. The van der Waals surface area contributed by atoms with Gasteiger partial charge in [-0.2, -0.15) is 0 Å². The highest BCUT2D eigenvalue weighted by molar-refractivity contribution is 4.66. The first-order valence-electron chi connectivity index (χ1n) is 4.20. The van der Waals surface area contributed by atoms with Gasteiger partial charge >= 0.3 is 0 Å². The van der Waals surface area contributed by atoms with E-state index < -0.39 is 0 Å². The number of nitrogens with zero attached hydrogens (tertiary/aromatic N) is 1. The van der Waals surface area contributed by atoms with E-state index in [-0.39, 0.29) is 6.10 Å². The molecule has 3 heteroatoms. The lowest BCUT2D eigenvalue weighted by atomic mass is 10.2. The molecule has 2 atom stereocenters. The van der Waals surface area contributed by atoms with E-state index in [0.717, 1.165) is 6.42 Å². The number of likely N-dealkylation sites (N-methyl/N-ethyl adjacent to an activating group) is 1. The third-order valence-electron chi connectivity index (χ3n) is 2.11. The van der Waals surface area contributed by atoms with E-state index in [2.05, 4.69) is 18.7 Å². The van der Waals surface area contributed by atoms with Crippen molar-refractivity contribution in [1.29, 1.82) is 0 Å². The fourth-order valence-corrected chi connectivity index (χ4v) is 0.899. The predicted octanol–water partition coefficient (Wildman–Crippen LogP) is 0.0363. The zero-order valence-corrected chi connectivity index (χ0v) is 7.75. The number of aliphatic hydroxyl groups excluding tert-OH is 1. The average molecular weight is 160 g/mol. The molecule has 11 heavy (non-hydrogen) atoms. The molecular weight excluding hydrogens is 140 g/mol. The minimum atomic E-state index is -0.381. The van der Waals surface area contributed by atoms with Gasteiger partial charge in [0.1, 0.15) is 0 Å². The van der Waals surface area contributed by atoms with E-state index >= 15 is 0 Å². The predicted molar refractivity (Wildman–Crippen MR) is 47.4 cm³/mol. The summed E-state index contributed by atoms with van der Waals surface area (Å²) in [6, 6.07) is 0.524. The normalized spacial score (nSPS) is 16.9. The van der Waals surface area contributed by atoms with Crippen molar-refractivity contribution in [3.8, 4) is 0 Å². The molecule has 3 nitrogen and oxygen atoms in total. The van der Waals surface area contributed by atoms with E-state index in [1.165, 1.54) is 0 Å². The van der Waals surface area contributed by atoms with Crippen molar-refractivity contribution in [3.05, 3.63) is 0 Å². The second-order valence-corrected chi connectivity index (χ2v) is 3.09. The molecule has 0 aromatic carbocycles. The van der Waals surface area contributed by atoms with Gasteiger partial charge in [0, 0.05) is 19.1 Å². The lowest BCUT2D eigenvalue weighted by Gasteiger charge is -2.25. The molecule has 68 valence electrons. The van der Waals surface area contributed by atoms with Gasteiger partial charge in [-0.3, -0.25) is 0 Å². The summed E-state index contributed by atoms with van der Waals surface area (Å²) >= 11 is 0. The number of aliphatic hydroxyl groups is 1. The van der Waals surface area contributed by atoms with Crippen LogP contribution in [0.25, 0.3) is 0 Å². The highest BCUT2D eigenvalue weighted by atomic mass is 16.3. The van der Waals surface area contributed by atoms with E-state index in [4.69, 9.17) is 5.73 Å². The molecule has 3 N–H and O–H groups in total. The highest BCUT2D eigenvalue weighted by Crippen LogP contribution is 2.00. The average Bonchev–Trinajstić information content (AvgIpc) is 2.02. The molecule has 0 spiro atoms. The molecule has 0 aliphatic heterocycles. The molecule has 0 heterocycles. The molecule has 2 unspecified atom stereocenters. The molecule has 0 aromatic heterocycles. The van der Waals surface area contributed by atoms with Crippen molar-refractivity contribution < 1.29 is 5.11 Å². The van der Waals surface area contributed by atoms with Crippen LogP contribution in [-0.2, 0) is 0 Å². The summed E-state index contributed by atoms with van der Waals surface area (Å²) in [4.78, 5) is 2.12. The largest absolute Gasteiger partial charge is 0.390 e. The minimum Gasteiger partial charge on any atom is -0.390 e. The molecule has 0 amide bonds. The Hall–Kier alpha value is -0.120. The fraction of sp³-hybridized carbons (Fsp3) is 1.00. The molecule has 0 aliphatic carbocycles. The van der Waals surface area contributed by atoms with Crippen molar-refractivity contribution in [1.82, 2.24) is 4.90 Å². The zero-order valence-electron chi connectivity index (χ0n) is 7.75. The van der Waals surface area contributed by atoms with Crippen LogP contribution < -0.4 is 5.73 Å². The first-order valence-corrected chi connectivity index (χ1v) is 4.20. The van der Waals surface area contributed by atoms with E-state index in [0.29, 0.717) is 19.1 Å². The van der Waals surface area contributed by atoms with Gasteiger partial charge in [0.25, 0.3) is 0 Å². The van der Waals surface area contributed by atoms with Crippen molar-refractivity contribution in [3.63, 3.8) is 0 Å². The molecule has 0 saturated carbocycles. The lowest BCUT2D eigenvalue weighted by Crippen LogP contribution is -2.38. The summed E-state index contributed by atoms with van der Waals surface area (Å²) in [5, 5.41) is 9.21. The van der Waals surface area contributed by atoms with Crippen LogP contribution in [0.3, 0.4) is 0 Å². The van der Waals surface area contributed by atoms with Crippen LogP contribution in [-0.4, -0.2) is 42.3 Å². The first-order chi connectivity index (χ1) is 5.11. The second kappa shape index (κ2) is 5.52. The van der Waals surface area contributed by atoms with Gasteiger partial charge in [-0.25, -0.2) is 0 Å². The van der Waals surface area contributed by atoms with Crippen molar-refractivity contribution in [2.24, 2.45) is 5.73 Å². The summed E-state index contributed by atoms with van der Waals surface area (Å²) in [6.45, 7) is 5.30. The van der Waals surface area contributed by atoms with E-state index in [9.17, 15) is 5.11 Å². The molecule has 0 aliphatic rings. The smallest absolute Gasteiger partial charge is 0.0789 e. The summed E-state index contributed by atoms with van der Waals surface area (Å²) in [5.41, 5.74) is 5.29. The van der Waals surface area contributed by atoms with Gasteiger partial charge in [0.15, 0.2) is 0 Å². The van der Waals surface area contributed by atoms with Crippen LogP contribution in [0.4, 0.5) is 0 Å². The molecule has 0 fully saturated rings. The molecule has 0 bridgehead atoms. The SMILES string of the molecule is CCC(C)N(C)CC(O)CN. The molecular formula is C8H20N2O. The summed E-state index contributed by atoms with van der Waals surface area (Å²) < 4.78 is 0. The highest BCUT2D eigenvalue weighted by Gasteiger charge is 2.10. The van der Waals surface area contributed by atoms with Crippen LogP contribution in [0.1, 0.15) is 20.3 Å². The Morgan fingerprint density at radius 2 is 2.09 bits per heavy atom. The molecule has 0 aromatic rings. The van der Waals surface area contributed by atoms with E-state index in [1.807, 2.05) is 7.05 Å². The van der Waals surface area contributed by atoms with Crippen LogP contribution in [0.15, 0.2) is 0 Å². The number of nitrogens with two attached hydrogens (primary N) is 1. The number of hydrogen-bond donors (Lipinski definition) is 2. The van der Waals surface area contributed by atoms with Gasteiger partial charge < -0.3 is 15.7 Å². The van der Waals surface area contributed by atoms with Gasteiger partial charge in [-0.1, -0.05) is 6.92 Å². The monoisotopic (exact) mass is 160 g/mol. The Balaban J connectivity index is 3.58. The zero-order chi connectivity index (χ0) is 8.85. The van der Waals surface area contributed by atoms with Crippen molar-refractivity contribution in [2.45, 2.75) is 32.4 Å². The summed E-state index contributed by atoms with van der Waals surface area (Å²) in [5.74, 6) is 0. The third-order valence-corrected chi connectivity index (χ3v) is 2.11. The van der Waals surface area contributed by atoms with Crippen molar-refractivity contribution >= 4 is 0 Å². The van der Waals surface area contributed by atoms with Gasteiger partial charge in [-0.05, 0) is 20.4 Å². The minimum absolute atomic E-state index is 0.348. The Morgan fingerprint density at radius 3 is 2.45 bits per heavy atom. The third kappa shape index (κ3) is 4.35. The topological polar surface area (TPSA) is 49.5 Å². The van der Waals surface area contributed by atoms with Crippen LogP contribution >= 0.6 is 0 Å². The molecule has 0 radical (unpaired) electrons. The van der Waals surface area contributed by atoms with Crippen LogP contribution in [0.2, 0.25) is 0 Å². The van der Waals surface area contributed by atoms with Gasteiger partial charge in [0.05, 0.1) is 6.10 Å². The Kier molecular flexibility index (Phi) is 5.46. The summed E-state index contributed by atoms with van der Waals surface area (Å²) in [6.07, 6.45) is 0.724. The standard InChI is InChI=1S/C8H20N2O/c1-4-7(2)10(3)6-8(11)5-9/h7-8,11H,4-6,9H2,1-3H3. The van der Waals surface area contributed by atoms with Gasteiger partial charge in [-0.15, -0.1) is 0 Å². The summed E-state index contributed by atoms with van der Waals surface area (Å²) in [7, 11) is 2.01. The number of rotatable bonds is 5. The maximum Gasteiger partial charge on any atom is 0.0789 e. The Labute approximate surface area is 69.2 Å². The van der Waals surface area contributed by atoms with Crippen molar-refractivity contribution in [2.75, 3.05) is 20.1 Å². The maximum absolute atomic E-state index is 9.21. The fourth-order valence-electron chi connectivity index (χ4n) is 0.899. The Morgan fingerprint density at radius 1 is 1.55 bits per heavy atom. The second-order valence-electron chi connectivity index (χ2n) is 3.09. The van der Waals surface area contributed by atoms with Gasteiger partial charge in [0.2, 0.25) is 0 Å². The molecule has 0 rings (SSSR count).